The molecular formula is C29H20Cl2N4O3. The van der Waals surface area contributed by atoms with E-state index in [1.807, 2.05) is 42.5 Å². The molecule has 0 saturated heterocycles. The first-order chi connectivity index (χ1) is 18.4. The Hall–Kier alpha value is -4.59. The number of nitrogens with one attached hydrogen (secondary N) is 3. The topological polar surface area (TPSA) is 90.5 Å². The molecule has 0 fully saturated rings. The van der Waals surface area contributed by atoms with E-state index in [2.05, 4.69) is 16.0 Å². The fraction of sp³-hybridized carbons (Fsp3) is 0. The van der Waals surface area contributed by atoms with Crippen molar-refractivity contribution < 1.29 is 14.4 Å². The van der Waals surface area contributed by atoms with Gasteiger partial charge in [-0.15, -0.1) is 0 Å². The maximum Gasteiger partial charge on any atom is 0.283 e. The molecule has 0 aromatic heterocycles. The van der Waals surface area contributed by atoms with Gasteiger partial charge in [-0.2, -0.15) is 0 Å². The maximum absolute atomic E-state index is 13.0. The van der Waals surface area contributed by atoms with Crippen molar-refractivity contribution in [3.63, 3.8) is 0 Å². The Labute approximate surface area is 228 Å². The highest BCUT2D eigenvalue weighted by Gasteiger charge is 2.39. The average Bonchev–Trinajstić information content (AvgIpc) is 3.13. The fourth-order valence-electron chi connectivity index (χ4n) is 3.87. The van der Waals surface area contributed by atoms with Gasteiger partial charge in [0.1, 0.15) is 10.7 Å². The normalized spacial score (nSPS) is 13.1. The molecule has 1 aliphatic heterocycles. The predicted octanol–water partition coefficient (Wildman–Crippen LogP) is 6.77. The fourth-order valence-corrected chi connectivity index (χ4v) is 4.27. The summed E-state index contributed by atoms with van der Waals surface area (Å²) in [6.45, 7) is 0. The van der Waals surface area contributed by atoms with Gasteiger partial charge in [-0.3, -0.25) is 14.4 Å². The van der Waals surface area contributed by atoms with Crippen molar-refractivity contribution in [2.24, 2.45) is 0 Å². The van der Waals surface area contributed by atoms with Gasteiger partial charge in [0, 0.05) is 33.3 Å². The molecule has 0 spiro atoms. The number of benzene rings is 4. The van der Waals surface area contributed by atoms with Crippen LogP contribution in [-0.4, -0.2) is 17.7 Å². The molecule has 0 radical (unpaired) electrons. The largest absolute Gasteiger partial charge is 0.356 e. The van der Waals surface area contributed by atoms with Gasteiger partial charge in [0.05, 0.1) is 5.69 Å². The van der Waals surface area contributed by atoms with Crippen LogP contribution in [0.2, 0.25) is 5.02 Å². The summed E-state index contributed by atoms with van der Waals surface area (Å²) in [6, 6.07) is 30.0. The number of rotatable bonds is 7. The predicted molar refractivity (Wildman–Crippen MR) is 151 cm³/mol. The molecule has 188 valence electrons. The van der Waals surface area contributed by atoms with E-state index in [-0.39, 0.29) is 16.6 Å². The number of imide groups is 1. The van der Waals surface area contributed by atoms with E-state index in [0.29, 0.717) is 27.6 Å². The number of carbonyl (C=O) groups is 3. The van der Waals surface area contributed by atoms with Gasteiger partial charge in [0.2, 0.25) is 0 Å². The standard InChI is InChI=1S/C29H20Cl2N4O3/c30-19-7-5-11-24(17-19)35-28(37)25(31)26(29(35)38)33-23-10-4-6-18(16-23)27(36)34-22-14-12-21(13-15-22)32-20-8-2-1-3-9-20/h1-17,32-33H,(H,34,36). The minimum atomic E-state index is -0.666. The first kappa shape index (κ1) is 25.1. The molecule has 4 aromatic rings. The Morgan fingerprint density at radius 3 is 2.03 bits per heavy atom. The first-order valence-corrected chi connectivity index (χ1v) is 12.3. The second-order valence-electron chi connectivity index (χ2n) is 8.34. The van der Waals surface area contributed by atoms with Gasteiger partial charge >= 0.3 is 0 Å². The molecule has 4 aromatic carbocycles. The number of amides is 3. The van der Waals surface area contributed by atoms with Gasteiger partial charge in [-0.25, -0.2) is 4.90 Å². The van der Waals surface area contributed by atoms with Crippen LogP contribution in [0.1, 0.15) is 10.4 Å². The number of halogens is 2. The lowest BCUT2D eigenvalue weighted by molar-refractivity contribution is -0.120. The molecule has 38 heavy (non-hydrogen) atoms. The molecule has 0 saturated carbocycles. The highest BCUT2D eigenvalue weighted by atomic mass is 35.5. The van der Waals surface area contributed by atoms with Gasteiger partial charge in [-0.05, 0) is 72.8 Å². The number of nitrogens with zero attached hydrogens (tertiary/aromatic N) is 1. The van der Waals surface area contributed by atoms with Crippen LogP contribution in [0.15, 0.2) is 114 Å². The van der Waals surface area contributed by atoms with Crippen LogP contribution >= 0.6 is 23.2 Å². The molecule has 1 heterocycles. The van der Waals surface area contributed by atoms with Crippen molar-refractivity contribution in [3.8, 4) is 0 Å². The van der Waals surface area contributed by atoms with E-state index in [1.54, 1.807) is 54.6 Å². The van der Waals surface area contributed by atoms with Crippen molar-refractivity contribution in [1.82, 2.24) is 0 Å². The number of hydrogen-bond acceptors (Lipinski definition) is 5. The number of hydrogen-bond donors (Lipinski definition) is 3. The highest BCUT2D eigenvalue weighted by Crippen LogP contribution is 2.31. The molecule has 3 amide bonds. The molecule has 5 rings (SSSR count). The SMILES string of the molecule is O=C(Nc1ccc(Nc2ccccc2)cc1)c1cccc(NC2=C(Cl)C(=O)N(c3cccc(Cl)c3)C2=O)c1. The van der Waals surface area contributed by atoms with E-state index in [1.165, 1.54) is 6.07 Å². The molecule has 0 bridgehead atoms. The minimum absolute atomic E-state index is 0.0873. The van der Waals surface area contributed by atoms with Gasteiger partial charge in [0.25, 0.3) is 17.7 Å². The van der Waals surface area contributed by atoms with Gasteiger partial charge in [0.15, 0.2) is 0 Å². The molecule has 9 heteroatoms. The molecule has 0 atom stereocenters. The van der Waals surface area contributed by atoms with Crippen molar-refractivity contribution in [2.75, 3.05) is 20.9 Å². The summed E-state index contributed by atoms with van der Waals surface area (Å²) in [7, 11) is 0. The monoisotopic (exact) mass is 542 g/mol. The van der Waals surface area contributed by atoms with Crippen LogP contribution in [0.5, 0.6) is 0 Å². The van der Waals surface area contributed by atoms with Gasteiger partial charge < -0.3 is 16.0 Å². The zero-order chi connectivity index (χ0) is 26.6. The second-order valence-corrected chi connectivity index (χ2v) is 9.16. The van der Waals surface area contributed by atoms with E-state index < -0.39 is 11.8 Å². The van der Waals surface area contributed by atoms with Crippen LogP contribution in [0.3, 0.4) is 0 Å². The van der Waals surface area contributed by atoms with Crippen molar-refractivity contribution in [1.29, 1.82) is 0 Å². The number of para-hydroxylation sites is 1. The van der Waals surface area contributed by atoms with Crippen molar-refractivity contribution in [2.45, 2.75) is 0 Å². The summed E-state index contributed by atoms with van der Waals surface area (Å²) in [5.41, 5.74) is 3.45. The average molecular weight is 543 g/mol. The summed E-state index contributed by atoms with van der Waals surface area (Å²) in [6.07, 6.45) is 0. The lowest BCUT2D eigenvalue weighted by Gasteiger charge is -2.15. The molecule has 0 unspecified atom stereocenters. The summed E-state index contributed by atoms with van der Waals surface area (Å²) < 4.78 is 0. The van der Waals surface area contributed by atoms with Crippen LogP contribution in [0, 0.1) is 0 Å². The molecule has 1 aliphatic rings. The quantitative estimate of drug-likeness (QED) is 0.224. The Balaban J connectivity index is 1.27. The van der Waals surface area contributed by atoms with Crippen molar-refractivity contribution in [3.05, 3.63) is 124 Å². The van der Waals surface area contributed by atoms with Gasteiger partial charge in [-0.1, -0.05) is 53.5 Å². The molecular weight excluding hydrogens is 523 g/mol. The van der Waals surface area contributed by atoms with Crippen LogP contribution in [0.25, 0.3) is 0 Å². The molecule has 3 N–H and O–H groups in total. The highest BCUT2D eigenvalue weighted by molar-refractivity contribution is 6.53. The van der Waals surface area contributed by atoms with E-state index >= 15 is 0 Å². The molecule has 7 nitrogen and oxygen atoms in total. The summed E-state index contributed by atoms with van der Waals surface area (Å²) >= 11 is 12.2. The van der Waals surface area contributed by atoms with E-state index in [9.17, 15) is 14.4 Å². The lowest BCUT2D eigenvalue weighted by Crippen LogP contribution is -2.32. The number of carbonyl (C=O) groups excluding carboxylic acids is 3. The second kappa shape index (κ2) is 10.8. The number of anilines is 5. The Bertz CT molecular complexity index is 1570. The Morgan fingerprint density at radius 1 is 0.632 bits per heavy atom. The minimum Gasteiger partial charge on any atom is -0.356 e. The zero-order valence-electron chi connectivity index (χ0n) is 19.7. The Morgan fingerprint density at radius 2 is 1.29 bits per heavy atom. The van der Waals surface area contributed by atoms with Crippen LogP contribution in [0.4, 0.5) is 28.4 Å². The Kier molecular flexibility index (Phi) is 7.13. The van der Waals surface area contributed by atoms with E-state index in [4.69, 9.17) is 23.2 Å². The summed E-state index contributed by atoms with van der Waals surface area (Å²) in [5.74, 6) is -1.63. The first-order valence-electron chi connectivity index (χ1n) is 11.5. The lowest BCUT2D eigenvalue weighted by atomic mass is 10.1. The van der Waals surface area contributed by atoms with Crippen LogP contribution in [-0.2, 0) is 9.59 Å². The summed E-state index contributed by atoms with van der Waals surface area (Å²) in [4.78, 5) is 39.6. The zero-order valence-corrected chi connectivity index (χ0v) is 21.3. The molecule has 0 aliphatic carbocycles. The van der Waals surface area contributed by atoms with E-state index in [0.717, 1.165) is 16.3 Å². The summed E-state index contributed by atoms with van der Waals surface area (Å²) in [5, 5.41) is 9.15. The van der Waals surface area contributed by atoms with Crippen LogP contribution < -0.4 is 20.9 Å². The maximum atomic E-state index is 13.0. The third kappa shape index (κ3) is 5.39. The smallest absolute Gasteiger partial charge is 0.283 e. The third-order valence-electron chi connectivity index (χ3n) is 5.69. The third-order valence-corrected chi connectivity index (χ3v) is 6.28. The van der Waals surface area contributed by atoms with Crippen molar-refractivity contribution >= 4 is 69.4 Å².